The number of piperidine rings is 1. The Morgan fingerprint density at radius 3 is 2.90 bits per heavy atom. The van der Waals surface area contributed by atoms with Gasteiger partial charge in [0.1, 0.15) is 11.8 Å². The van der Waals surface area contributed by atoms with Gasteiger partial charge in [-0.2, -0.15) is 0 Å². The number of hydrogen-bond acceptors (Lipinski definition) is 6. The Morgan fingerprint density at radius 2 is 2.16 bits per heavy atom. The van der Waals surface area contributed by atoms with Crippen LogP contribution in [0.15, 0.2) is 29.3 Å². The summed E-state index contributed by atoms with van der Waals surface area (Å²) in [5, 5.41) is 3.04. The van der Waals surface area contributed by atoms with Gasteiger partial charge in [0.05, 0.1) is 13.2 Å². The first-order valence-electron chi connectivity index (χ1n) is 11.1. The van der Waals surface area contributed by atoms with Crippen LogP contribution in [-0.2, 0) is 18.3 Å². The number of pyridine rings is 1. The third-order valence-electron chi connectivity index (χ3n) is 6.15. The van der Waals surface area contributed by atoms with Crippen molar-refractivity contribution in [3.63, 3.8) is 0 Å². The van der Waals surface area contributed by atoms with Crippen molar-refractivity contribution in [2.45, 2.75) is 50.7 Å². The van der Waals surface area contributed by atoms with Gasteiger partial charge < -0.3 is 19.4 Å². The molecule has 2 aromatic heterocycles. The highest BCUT2D eigenvalue weighted by Gasteiger charge is 2.22. The molecule has 0 bridgehead atoms. The van der Waals surface area contributed by atoms with Crippen molar-refractivity contribution in [1.29, 1.82) is 0 Å². The molecule has 2 aromatic rings. The molecule has 2 aliphatic heterocycles. The Kier molecular flexibility index (Phi) is 7.20. The highest BCUT2D eigenvalue weighted by atomic mass is 32.2. The fourth-order valence-electron chi connectivity index (χ4n) is 3.89. The average molecular weight is 445 g/mol. The summed E-state index contributed by atoms with van der Waals surface area (Å²) in [5.74, 6) is 1.28. The molecule has 4 rings (SSSR count). The standard InChI is InChI=1S/C23H32N4O3S/c1-16-6-10-27(11-7-16)31-21-13-20(26(3)17(21)2)22(28)25-14-18-5-4-9-24-23(18)30-19-8-12-29-15-19/h4-5,9,13,16,19H,6-8,10-12,14-15H2,1-3H3,(H,25,28). The first-order chi connectivity index (χ1) is 15.0. The van der Waals surface area contributed by atoms with E-state index in [-0.39, 0.29) is 12.0 Å². The molecule has 0 saturated carbocycles. The average Bonchev–Trinajstić information content (AvgIpc) is 3.38. The Hall–Kier alpha value is -2.03. The van der Waals surface area contributed by atoms with E-state index in [0.29, 0.717) is 31.3 Å². The second-order valence-corrected chi connectivity index (χ2v) is 9.63. The summed E-state index contributed by atoms with van der Waals surface area (Å²) in [5.41, 5.74) is 2.65. The second-order valence-electron chi connectivity index (χ2n) is 8.49. The van der Waals surface area contributed by atoms with Gasteiger partial charge in [0.2, 0.25) is 5.88 Å². The Labute approximate surface area is 188 Å². The lowest BCUT2D eigenvalue weighted by atomic mass is 10.0. The van der Waals surface area contributed by atoms with Crippen LogP contribution in [0.1, 0.15) is 47.9 Å². The maximum atomic E-state index is 13.0. The summed E-state index contributed by atoms with van der Waals surface area (Å²) in [7, 11) is 1.95. The van der Waals surface area contributed by atoms with E-state index in [4.69, 9.17) is 9.47 Å². The van der Waals surface area contributed by atoms with E-state index in [1.165, 1.54) is 12.8 Å². The molecule has 1 amide bonds. The molecule has 31 heavy (non-hydrogen) atoms. The molecule has 0 spiro atoms. The number of nitrogens with zero attached hydrogens (tertiary/aromatic N) is 3. The van der Waals surface area contributed by atoms with Crippen LogP contribution in [0.5, 0.6) is 5.88 Å². The van der Waals surface area contributed by atoms with Crippen molar-refractivity contribution in [3.05, 3.63) is 41.3 Å². The monoisotopic (exact) mass is 444 g/mol. The molecule has 0 aliphatic carbocycles. The normalized spacial score (nSPS) is 20.2. The van der Waals surface area contributed by atoms with E-state index >= 15 is 0 Å². The van der Waals surface area contributed by atoms with Crippen molar-refractivity contribution < 1.29 is 14.3 Å². The summed E-state index contributed by atoms with van der Waals surface area (Å²) in [6.45, 7) is 8.25. The predicted octanol–water partition coefficient (Wildman–Crippen LogP) is 3.57. The number of carbonyl (C=O) groups is 1. The van der Waals surface area contributed by atoms with Gasteiger partial charge >= 0.3 is 0 Å². The lowest BCUT2D eigenvalue weighted by Gasteiger charge is -2.28. The van der Waals surface area contributed by atoms with Gasteiger partial charge in [-0.3, -0.25) is 4.79 Å². The fraction of sp³-hybridized carbons (Fsp3) is 0.565. The zero-order valence-corrected chi connectivity index (χ0v) is 19.4. The quantitative estimate of drug-likeness (QED) is 0.659. The van der Waals surface area contributed by atoms with Gasteiger partial charge in [0, 0.05) is 55.5 Å². The highest BCUT2D eigenvalue weighted by Crippen LogP contribution is 2.32. The molecule has 1 N–H and O–H groups in total. The Balaban J connectivity index is 1.39. The van der Waals surface area contributed by atoms with E-state index in [1.807, 2.05) is 29.8 Å². The van der Waals surface area contributed by atoms with Crippen LogP contribution in [0.25, 0.3) is 0 Å². The van der Waals surface area contributed by atoms with E-state index in [0.717, 1.165) is 41.6 Å². The third kappa shape index (κ3) is 5.42. The van der Waals surface area contributed by atoms with E-state index in [1.54, 1.807) is 18.1 Å². The Bertz CT molecular complexity index is 902. The number of hydrogen-bond donors (Lipinski definition) is 1. The minimum Gasteiger partial charge on any atom is -0.472 e. The van der Waals surface area contributed by atoms with Gasteiger partial charge in [-0.25, -0.2) is 9.29 Å². The van der Waals surface area contributed by atoms with Crippen molar-refractivity contribution in [3.8, 4) is 5.88 Å². The minimum atomic E-state index is -0.0938. The Morgan fingerprint density at radius 1 is 1.35 bits per heavy atom. The van der Waals surface area contributed by atoms with Crippen LogP contribution in [0.4, 0.5) is 0 Å². The molecule has 1 unspecified atom stereocenters. The highest BCUT2D eigenvalue weighted by molar-refractivity contribution is 7.97. The van der Waals surface area contributed by atoms with Crippen molar-refractivity contribution in [2.24, 2.45) is 13.0 Å². The summed E-state index contributed by atoms with van der Waals surface area (Å²) in [6.07, 6.45) is 5.06. The molecule has 8 heteroatoms. The number of amides is 1. The van der Waals surface area contributed by atoms with Gasteiger partial charge in [0.15, 0.2) is 0 Å². The van der Waals surface area contributed by atoms with Crippen molar-refractivity contribution >= 4 is 17.9 Å². The molecule has 0 radical (unpaired) electrons. The third-order valence-corrected chi connectivity index (χ3v) is 7.38. The predicted molar refractivity (Wildman–Crippen MR) is 121 cm³/mol. The zero-order chi connectivity index (χ0) is 21.8. The first-order valence-corrected chi connectivity index (χ1v) is 11.8. The van der Waals surface area contributed by atoms with Crippen LogP contribution < -0.4 is 10.1 Å². The number of ether oxygens (including phenoxy) is 2. The number of rotatable bonds is 7. The maximum Gasteiger partial charge on any atom is 0.268 e. The largest absolute Gasteiger partial charge is 0.472 e. The van der Waals surface area contributed by atoms with Gasteiger partial charge in [-0.1, -0.05) is 13.0 Å². The fourth-order valence-corrected chi connectivity index (χ4v) is 5.00. The number of carbonyl (C=O) groups excluding carboxylic acids is 1. The van der Waals surface area contributed by atoms with Crippen LogP contribution in [-0.4, -0.2) is 52.2 Å². The molecule has 2 aliphatic rings. The summed E-state index contributed by atoms with van der Waals surface area (Å²) >= 11 is 1.77. The molecule has 7 nitrogen and oxygen atoms in total. The van der Waals surface area contributed by atoms with Gasteiger partial charge in [-0.05, 0) is 49.8 Å². The first kappa shape index (κ1) is 22.2. The molecule has 168 valence electrons. The van der Waals surface area contributed by atoms with Crippen molar-refractivity contribution in [2.75, 3.05) is 26.3 Å². The lowest BCUT2D eigenvalue weighted by molar-refractivity contribution is 0.0941. The molecule has 0 aromatic carbocycles. The topological polar surface area (TPSA) is 68.6 Å². The van der Waals surface area contributed by atoms with E-state index in [2.05, 4.69) is 28.5 Å². The van der Waals surface area contributed by atoms with E-state index < -0.39 is 0 Å². The lowest BCUT2D eigenvalue weighted by Crippen LogP contribution is -2.27. The van der Waals surface area contributed by atoms with Crippen molar-refractivity contribution in [1.82, 2.24) is 19.2 Å². The van der Waals surface area contributed by atoms with Gasteiger partial charge in [0.25, 0.3) is 5.91 Å². The molecular weight excluding hydrogens is 412 g/mol. The molecule has 4 heterocycles. The second kappa shape index (κ2) is 10.1. The van der Waals surface area contributed by atoms with Gasteiger partial charge in [-0.15, -0.1) is 0 Å². The SMILES string of the molecule is Cc1c(SN2CCC(C)CC2)cc(C(=O)NCc2cccnc2OC2CCOC2)n1C. The number of aromatic nitrogens is 2. The molecule has 2 fully saturated rings. The zero-order valence-electron chi connectivity index (χ0n) is 18.6. The maximum absolute atomic E-state index is 13.0. The minimum absolute atomic E-state index is 0.0252. The molecule has 1 atom stereocenters. The number of nitrogens with one attached hydrogen (secondary N) is 1. The van der Waals surface area contributed by atoms with Crippen LogP contribution in [0.2, 0.25) is 0 Å². The van der Waals surface area contributed by atoms with Crippen LogP contribution in [0.3, 0.4) is 0 Å². The van der Waals surface area contributed by atoms with Crippen LogP contribution in [0, 0.1) is 12.8 Å². The summed E-state index contributed by atoms with van der Waals surface area (Å²) in [6, 6.07) is 5.80. The summed E-state index contributed by atoms with van der Waals surface area (Å²) in [4.78, 5) is 18.5. The summed E-state index contributed by atoms with van der Waals surface area (Å²) < 4.78 is 15.7. The van der Waals surface area contributed by atoms with Crippen LogP contribution >= 0.6 is 11.9 Å². The van der Waals surface area contributed by atoms with E-state index in [9.17, 15) is 4.79 Å². The molecule has 2 saturated heterocycles. The smallest absolute Gasteiger partial charge is 0.268 e. The molecular formula is C23H32N4O3S.